The number of anilines is 1. The number of nitrogens with one attached hydrogen (secondary N) is 1. The second kappa shape index (κ2) is 12.4. The summed E-state index contributed by atoms with van der Waals surface area (Å²) in [6.07, 6.45) is 2.08. The van der Waals surface area contributed by atoms with Gasteiger partial charge in [0.1, 0.15) is 15.7 Å². The van der Waals surface area contributed by atoms with E-state index >= 15 is 0 Å². The Balaban J connectivity index is 1.27. The van der Waals surface area contributed by atoms with Gasteiger partial charge in [0.25, 0.3) is 10.0 Å². The first kappa shape index (κ1) is 30.8. The van der Waals surface area contributed by atoms with Gasteiger partial charge in [0.2, 0.25) is 0 Å². The molecule has 8 nitrogen and oxygen atoms in total. The van der Waals surface area contributed by atoms with Crippen LogP contribution in [0.4, 0.5) is 5.82 Å². The van der Waals surface area contributed by atoms with Crippen molar-refractivity contribution >= 4 is 48.2 Å². The molecule has 7 rings (SSSR count). The number of pyridine rings is 1. The van der Waals surface area contributed by atoms with E-state index in [1.807, 2.05) is 73.1 Å². The maximum absolute atomic E-state index is 14.0. The smallest absolute Gasteiger partial charge is 0.273 e. The first-order valence-corrected chi connectivity index (χ1v) is 18.1. The zero-order valence-corrected chi connectivity index (χ0v) is 28.4. The van der Waals surface area contributed by atoms with Gasteiger partial charge in [0, 0.05) is 50.0 Å². The third kappa shape index (κ3) is 5.61. The van der Waals surface area contributed by atoms with Crippen LogP contribution in [0.5, 0.6) is 0 Å². The summed E-state index contributed by atoms with van der Waals surface area (Å²) < 4.78 is 39.3. The molecular formula is C37H35N5O3S2. The molecule has 0 fully saturated rings. The number of hydrogen-bond donors (Lipinski definition) is 1. The number of thiophene rings is 1. The van der Waals surface area contributed by atoms with E-state index in [1.54, 1.807) is 0 Å². The average molecular weight is 662 g/mol. The lowest BCUT2D eigenvalue weighted by molar-refractivity contribution is 0.388. The molecular weight excluding hydrogens is 627 g/mol. The van der Waals surface area contributed by atoms with Crippen molar-refractivity contribution < 1.29 is 12.9 Å². The Morgan fingerprint density at radius 3 is 2.34 bits per heavy atom. The largest absolute Gasteiger partial charge is 0.359 e. The molecule has 0 radical (unpaired) electrons. The van der Waals surface area contributed by atoms with Crippen molar-refractivity contribution in [1.29, 1.82) is 0 Å². The van der Waals surface area contributed by atoms with Gasteiger partial charge in [0.15, 0.2) is 5.82 Å². The van der Waals surface area contributed by atoms with E-state index in [0.29, 0.717) is 30.7 Å². The van der Waals surface area contributed by atoms with Crippen LogP contribution in [0.15, 0.2) is 93.7 Å². The Kier molecular flexibility index (Phi) is 8.15. The molecule has 4 aromatic heterocycles. The predicted octanol–water partition coefficient (Wildman–Crippen LogP) is 8.81. The van der Waals surface area contributed by atoms with Gasteiger partial charge >= 0.3 is 0 Å². The number of nitrogens with zero attached hydrogens (tertiary/aromatic N) is 4. The van der Waals surface area contributed by atoms with Crippen LogP contribution < -0.4 is 4.72 Å². The minimum Gasteiger partial charge on any atom is -0.359 e. The topological polar surface area (TPSA) is 103 Å². The summed E-state index contributed by atoms with van der Waals surface area (Å²) in [4.78, 5) is 4.85. The molecule has 0 saturated heterocycles. The molecule has 0 amide bonds. The number of aryl methyl sites for hydroxylation is 3. The maximum Gasteiger partial charge on any atom is 0.273 e. The maximum atomic E-state index is 14.0. The summed E-state index contributed by atoms with van der Waals surface area (Å²) in [5, 5.41) is 11.1. The van der Waals surface area contributed by atoms with Crippen LogP contribution in [0.1, 0.15) is 49.0 Å². The van der Waals surface area contributed by atoms with Crippen LogP contribution in [0.2, 0.25) is 0 Å². The molecule has 0 aliphatic carbocycles. The second-order valence-corrected chi connectivity index (χ2v) is 14.5. The minimum atomic E-state index is -3.97. The van der Waals surface area contributed by atoms with Crippen LogP contribution >= 0.6 is 11.3 Å². The molecule has 0 aliphatic rings. The fourth-order valence-electron chi connectivity index (χ4n) is 6.21. The molecule has 0 atom stereocenters. The summed E-state index contributed by atoms with van der Waals surface area (Å²) >= 11 is 1.26. The molecule has 4 heterocycles. The molecule has 47 heavy (non-hydrogen) atoms. The van der Waals surface area contributed by atoms with Crippen molar-refractivity contribution in [2.45, 2.75) is 57.7 Å². The van der Waals surface area contributed by atoms with Gasteiger partial charge in [-0.3, -0.25) is 14.4 Å². The summed E-state index contributed by atoms with van der Waals surface area (Å²) in [7, 11) is -3.97. The third-order valence-corrected chi connectivity index (χ3v) is 11.6. The Hall–Kier alpha value is -4.80. The number of fused-ring (bicyclic) bond motifs is 2. The minimum absolute atomic E-state index is 0.246. The summed E-state index contributed by atoms with van der Waals surface area (Å²) in [6, 6.07) is 28.2. The Labute approximate surface area is 278 Å². The van der Waals surface area contributed by atoms with E-state index in [9.17, 15) is 8.42 Å². The molecule has 0 saturated carbocycles. The van der Waals surface area contributed by atoms with E-state index in [1.165, 1.54) is 11.3 Å². The molecule has 1 N–H and O–H groups in total. The third-order valence-electron chi connectivity index (χ3n) is 8.54. The normalized spacial score (nSPS) is 11.9. The van der Waals surface area contributed by atoms with Gasteiger partial charge in [-0.05, 0) is 43.0 Å². The molecule has 0 unspecified atom stereocenters. The summed E-state index contributed by atoms with van der Waals surface area (Å²) in [5.74, 6) is 0.941. The Morgan fingerprint density at radius 1 is 0.872 bits per heavy atom. The number of sulfonamides is 1. The van der Waals surface area contributed by atoms with Gasteiger partial charge in [-0.25, -0.2) is 8.42 Å². The van der Waals surface area contributed by atoms with Crippen molar-refractivity contribution in [2.75, 3.05) is 4.72 Å². The first-order chi connectivity index (χ1) is 22.8. The monoisotopic (exact) mass is 661 g/mol. The lowest BCUT2D eigenvalue weighted by Gasteiger charge is -2.10. The molecule has 0 spiro atoms. The molecule has 238 valence electrons. The van der Waals surface area contributed by atoms with Crippen LogP contribution in [0.3, 0.4) is 0 Å². The van der Waals surface area contributed by atoms with E-state index in [4.69, 9.17) is 14.6 Å². The highest BCUT2D eigenvalue weighted by molar-refractivity contribution is 7.95. The number of hydrogen-bond acceptors (Lipinski definition) is 7. The molecule has 0 aliphatic heterocycles. The van der Waals surface area contributed by atoms with Gasteiger partial charge in [-0.2, -0.15) is 5.10 Å². The molecule has 3 aromatic carbocycles. The average Bonchev–Trinajstić information content (AvgIpc) is 3.79. The zero-order valence-electron chi connectivity index (χ0n) is 26.7. The Bertz CT molecular complexity index is 2340. The first-order valence-electron chi connectivity index (χ1n) is 15.8. The molecule has 7 aromatic rings. The lowest BCUT2D eigenvalue weighted by atomic mass is 10.0. The standard InChI is InChI=1S/C37H35N5O3S2/c1-5-27-21-30-33(23(4)38-27)35(26-13-9-8-10-14-26)39-42(30)22-24-17-19-25(20-18-24)34-29-15-11-12-16-32(29)46-37(34)47(43,44)41-36-28(6-2)31(7-3)45-40-36/h8-21H,5-7,22H2,1-4H3,(H,40,41). The number of rotatable bonds is 10. The fourth-order valence-corrected chi connectivity index (χ4v) is 9.01. The highest BCUT2D eigenvalue weighted by Gasteiger charge is 2.28. The quantitative estimate of drug-likeness (QED) is 0.157. The molecule has 0 bridgehead atoms. The second-order valence-electron chi connectivity index (χ2n) is 11.5. The van der Waals surface area contributed by atoms with E-state index in [2.05, 4.69) is 54.1 Å². The van der Waals surface area contributed by atoms with Crippen LogP contribution in [-0.2, 0) is 35.8 Å². The van der Waals surface area contributed by atoms with E-state index in [0.717, 1.165) is 66.7 Å². The number of benzene rings is 3. The summed E-state index contributed by atoms with van der Waals surface area (Å²) in [6.45, 7) is 8.64. The molecule has 10 heteroatoms. The zero-order chi connectivity index (χ0) is 32.7. The van der Waals surface area contributed by atoms with E-state index in [-0.39, 0.29) is 10.0 Å². The van der Waals surface area contributed by atoms with Crippen molar-refractivity contribution in [3.8, 4) is 22.4 Å². The summed E-state index contributed by atoms with van der Waals surface area (Å²) in [5.41, 5.74) is 8.33. The predicted molar refractivity (Wildman–Crippen MR) is 190 cm³/mol. The van der Waals surface area contributed by atoms with Crippen LogP contribution in [0.25, 0.3) is 43.4 Å². The fraction of sp³-hybridized carbons (Fsp3) is 0.216. The van der Waals surface area contributed by atoms with Crippen molar-refractivity contribution in [3.63, 3.8) is 0 Å². The van der Waals surface area contributed by atoms with Crippen LogP contribution in [-0.4, -0.2) is 28.3 Å². The van der Waals surface area contributed by atoms with Crippen LogP contribution in [0, 0.1) is 6.92 Å². The lowest BCUT2D eigenvalue weighted by Crippen LogP contribution is -2.14. The highest BCUT2D eigenvalue weighted by atomic mass is 32.2. The van der Waals surface area contributed by atoms with Gasteiger partial charge in [-0.15, -0.1) is 11.3 Å². The van der Waals surface area contributed by atoms with Crippen molar-refractivity contribution in [3.05, 3.63) is 113 Å². The van der Waals surface area contributed by atoms with Gasteiger partial charge in [-0.1, -0.05) is 98.7 Å². The van der Waals surface area contributed by atoms with Crippen molar-refractivity contribution in [1.82, 2.24) is 19.9 Å². The van der Waals surface area contributed by atoms with E-state index < -0.39 is 10.0 Å². The number of aromatic nitrogens is 4. The van der Waals surface area contributed by atoms with Gasteiger partial charge < -0.3 is 4.52 Å². The Morgan fingerprint density at radius 2 is 1.62 bits per heavy atom. The van der Waals surface area contributed by atoms with Gasteiger partial charge in [0.05, 0.1) is 12.1 Å². The SMILES string of the molecule is CCc1cc2c(c(C)n1)c(-c1ccccc1)nn2Cc1ccc(-c2c(S(=O)(=O)Nc3noc(CC)c3CC)sc3ccccc23)cc1. The van der Waals surface area contributed by atoms with Crippen molar-refractivity contribution in [2.24, 2.45) is 0 Å². The highest BCUT2D eigenvalue weighted by Crippen LogP contribution is 2.42.